The van der Waals surface area contributed by atoms with Gasteiger partial charge in [-0.2, -0.15) is 0 Å². The second-order valence-corrected chi connectivity index (χ2v) is 3.47. The Kier molecular flexibility index (Phi) is 4.31. The van der Waals surface area contributed by atoms with E-state index < -0.39 is 0 Å². The van der Waals surface area contributed by atoms with Crippen molar-refractivity contribution < 1.29 is 0 Å². The van der Waals surface area contributed by atoms with Gasteiger partial charge in [0.1, 0.15) is 0 Å². The molecular weight excluding hydrogens is 156 g/mol. The van der Waals surface area contributed by atoms with Gasteiger partial charge in [-0.1, -0.05) is 55.4 Å². The molecule has 0 spiro atoms. The minimum atomic E-state index is 1.20. The third-order valence-electron chi connectivity index (χ3n) is 2.16. The van der Waals surface area contributed by atoms with Crippen LogP contribution in [0.2, 0.25) is 0 Å². The Hall–Kier alpha value is -1.04. The first-order chi connectivity index (χ1) is 6.33. The van der Waals surface area contributed by atoms with E-state index in [1.165, 1.54) is 30.4 Å². The van der Waals surface area contributed by atoms with Crippen LogP contribution >= 0.6 is 0 Å². The molecule has 0 N–H and O–H groups in total. The van der Waals surface area contributed by atoms with E-state index in [9.17, 15) is 0 Å². The van der Waals surface area contributed by atoms with Gasteiger partial charge in [-0.05, 0) is 25.3 Å². The number of unbranched alkanes of at least 4 members (excludes halogenated alkanes) is 1. The van der Waals surface area contributed by atoms with E-state index in [-0.39, 0.29) is 0 Å². The highest BCUT2D eigenvalue weighted by Crippen LogP contribution is 2.12. The highest BCUT2D eigenvalue weighted by Gasteiger charge is 1.92. The maximum atomic E-state index is 2.23. The Morgan fingerprint density at radius 3 is 2.62 bits per heavy atom. The third kappa shape index (κ3) is 3.93. The maximum absolute atomic E-state index is 2.23. The fraction of sp³-hybridized carbons (Fsp3) is 0.385. The van der Waals surface area contributed by atoms with Gasteiger partial charge in [0.15, 0.2) is 0 Å². The average molecular weight is 174 g/mol. The molecule has 0 fully saturated rings. The first-order valence-electron chi connectivity index (χ1n) is 5.05. The van der Waals surface area contributed by atoms with Crippen molar-refractivity contribution in [3.8, 4) is 0 Å². The molecule has 0 nitrogen and oxygen atoms in total. The smallest absolute Gasteiger partial charge is 0.0279 e. The highest BCUT2D eigenvalue weighted by atomic mass is 14.0. The van der Waals surface area contributed by atoms with Gasteiger partial charge in [0.05, 0.1) is 0 Å². The summed E-state index contributed by atoms with van der Waals surface area (Å²) in [7, 11) is 0. The summed E-state index contributed by atoms with van der Waals surface area (Å²) in [5.74, 6) is 0. The summed E-state index contributed by atoms with van der Waals surface area (Å²) < 4.78 is 0. The van der Waals surface area contributed by atoms with Crippen molar-refractivity contribution >= 4 is 0 Å². The minimum absolute atomic E-state index is 1.20. The predicted molar refractivity (Wildman–Crippen MR) is 59.6 cm³/mol. The van der Waals surface area contributed by atoms with Crippen molar-refractivity contribution in [1.29, 1.82) is 0 Å². The fourth-order valence-electron chi connectivity index (χ4n) is 1.28. The molecule has 0 unspecified atom stereocenters. The van der Waals surface area contributed by atoms with Crippen LogP contribution in [0.15, 0.2) is 47.6 Å². The van der Waals surface area contributed by atoms with Gasteiger partial charge in [-0.25, -0.2) is 0 Å². The molecule has 0 aromatic carbocycles. The van der Waals surface area contributed by atoms with E-state index in [1.54, 1.807) is 0 Å². The summed E-state index contributed by atoms with van der Waals surface area (Å²) in [6.07, 6.45) is 16.7. The maximum Gasteiger partial charge on any atom is -0.0279 e. The third-order valence-corrected chi connectivity index (χ3v) is 2.16. The van der Waals surface area contributed by atoms with E-state index in [0.717, 1.165) is 0 Å². The van der Waals surface area contributed by atoms with Gasteiger partial charge >= 0.3 is 0 Å². The second-order valence-electron chi connectivity index (χ2n) is 3.47. The van der Waals surface area contributed by atoms with Crippen molar-refractivity contribution in [3.63, 3.8) is 0 Å². The van der Waals surface area contributed by atoms with Crippen molar-refractivity contribution in [1.82, 2.24) is 0 Å². The molecule has 0 heterocycles. The molecule has 0 saturated heterocycles. The SMILES string of the molecule is CCCCC1=C/C=C\C=C(C)/C=C\1. The Bertz CT molecular complexity index is 262. The molecular formula is C13H18. The zero-order valence-corrected chi connectivity index (χ0v) is 8.59. The van der Waals surface area contributed by atoms with Gasteiger partial charge in [0.2, 0.25) is 0 Å². The molecule has 0 amide bonds. The molecule has 0 aromatic heterocycles. The van der Waals surface area contributed by atoms with Crippen LogP contribution in [0.4, 0.5) is 0 Å². The molecule has 0 radical (unpaired) electrons. The Morgan fingerprint density at radius 1 is 1.08 bits per heavy atom. The molecule has 0 aromatic rings. The molecule has 1 aliphatic carbocycles. The van der Waals surface area contributed by atoms with E-state index >= 15 is 0 Å². The topological polar surface area (TPSA) is 0 Å². The lowest BCUT2D eigenvalue weighted by Crippen LogP contribution is -1.81. The Balaban J connectivity index is 2.60. The van der Waals surface area contributed by atoms with Crippen LogP contribution in [0.1, 0.15) is 33.1 Å². The van der Waals surface area contributed by atoms with Crippen LogP contribution in [0.5, 0.6) is 0 Å². The van der Waals surface area contributed by atoms with Crippen molar-refractivity contribution in [3.05, 3.63) is 47.6 Å². The van der Waals surface area contributed by atoms with Crippen LogP contribution in [0.25, 0.3) is 0 Å². The summed E-state index contributed by atoms with van der Waals surface area (Å²) in [6.45, 7) is 4.36. The summed E-state index contributed by atoms with van der Waals surface area (Å²) in [6, 6.07) is 0. The van der Waals surface area contributed by atoms with Gasteiger partial charge in [-0.15, -0.1) is 0 Å². The van der Waals surface area contributed by atoms with Crippen molar-refractivity contribution in [2.75, 3.05) is 0 Å². The van der Waals surface area contributed by atoms with Gasteiger partial charge in [0.25, 0.3) is 0 Å². The Labute approximate surface area is 81.4 Å². The molecule has 0 saturated carbocycles. The zero-order chi connectivity index (χ0) is 9.52. The number of rotatable bonds is 3. The molecule has 0 aliphatic heterocycles. The largest absolute Gasteiger partial charge is 0.0654 e. The first kappa shape index (κ1) is 10.0. The van der Waals surface area contributed by atoms with E-state index in [1.807, 2.05) is 0 Å². The molecule has 0 atom stereocenters. The average Bonchev–Trinajstić information content (AvgIpc) is 2.11. The van der Waals surface area contributed by atoms with E-state index in [4.69, 9.17) is 0 Å². The zero-order valence-electron chi connectivity index (χ0n) is 8.59. The van der Waals surface area contributed by atoms with Crippen LogP contribution in [0.3, 0.4) is 0 Å². The van der Waals surface area contributed by atoms with Gasteiger partial charge < -0.3 is 0 Å². The highest BCUT2D eigenvalue weighted by molar-refractivity contribution is 5.34. The summed E-state index contributed by atoms with van der Waals surface area (Å²) in [4.78, 5) is 0. The quantitative estimate of drug-likeness (QED) is 0.602. The number of hydrogen-bond acceptors (Lipinski definition) is 0. The standard InChI is InChI=1S/C13H18/c1-3-4-8-13-9-6-5-7-12(2)10-11-13/h5-7,9-11H,3-4,8H2,1-2H3/b6-5-,7-5?,9-6?,11-10-,12-7-,12-10?,13-9-,13-11?. The van der Waals surface area contributed by atoms with Crippen molar-refractivity contribution in [2.45, 2.75) is 33.1 Å². The lowest BCUT2D eigenvalue weighted by atomic mass is 10.1. The van der Waals surface area contributed by atoms with Gasteiger partial charge in [0, 0.05) is 0 Å². The van der Waals surface area contributed by atoms with Crippen molar-refractivity contribution in [2.24, 2.45) is 0 Å². The first-order valence-corrected chi connectivity index (χ1v) is 5.05. The van der Waals surface area contributed by atoms with Crippen LogP contribution < -0.4 is 0 Å². The lowest BCUT2D eigenvalue weighted by Gasteiger charge is -2.01. The van der Waals surface area contributed by atoms with Crippen LogP contribution in [0, 0.1) is 0 Å². The fourth-order valence-corrected chi connectivity index (χ4v) is 1.28. The van der Waals surface area contributed by atoms with Crippen LogP contribution in [-0.2, 0) is 0 Å². The number of allylic oxidation sites excluding steroid dienone is 8. The number of hydrogen-bond donors (Lipinski definition) is 0. The van der Waals surface area contributed by atoms with Gasteiger partial charge in [-0.3, -0.25) is 0 Å². The summed E-state index contributed by atoms with van der Waals surface area (Å²) >= 11 is 0. The normalized spacial score (nSPS) is 29.1. The van der Waals surface area contributed by atoms with Crippen LogP contribution in [-0.4, -0.2) is 0 Å². The summed E-state index contributed by atoms with van der Waals surface area (Å²) in [5.41, 5.74) is 2.75. The second kappa shape index (κ2) is 5.58. The molecule has 13 heavy (non-hydrogen) atoms. The van der Waals surface area contributed by atoms with E-state index in [0.29, 0.717) is 0 Å². The molecule has 1 aliphatic rings. The summed E-state index contributed by atoms with van der Waals surface area (Å²) in [5, 5.41) is 0. The Morgan fingerprint density at radius 2 is 1.85 bits per heavy atom. The minimum Gasteiger partial charge on any atom is -0.0654 e. The van der Waals surface area contributed by atoms with E-state index in [2.05, 4.69) is 50.3 Å². The predicted octanol–water partition coefficient (Wildman–Crippen LogP) is 4.18. The molecule has 70 valence electrons. The molecule has 0 heteroatoms. The molecule has 1 rings (SSSR count). The monoisotopic (exact) mass is 174 g/mol. The lowest BCUT2D eigenvalue weighted by molar-refractivity contribution is 0.798. The molecule has 0 bridgehead atoms.